The molecule has 0 saturated heterocycles. The Kier molecular flexibility index (Phi) is 3.11. The maximum absolute atomic E-state index is 12.0. The highest BCUT2D eigenvalue weighted by Crippen LogP contribution is 2.19. The van der Waals surface area contributed by atoms with Crippen molar-refractivity contribution in [2.24, 2.45) is 14.1 Å². The molecule has 0 saturated carbocycles. The fourth-order valence-electron chi connectivity index (χ4n) is 1.72. The van der Waals surface area contributed by atoms with E-state index in [-0.39, 0.29) is 11.2 Å². The van der Waals surface area contributed by atoms with E-state index in [0.29, 0.717) is 11.5 Å². The van der Waals surface area contributed by atoms with Crippen LogP contribution in [0.4, 0.5) is 11.5 Å². The number of hydrogen-bond acceptors (Lipinski definition) is 4. The first kappa shape index (κ1) is 12.4. The maximum atomic E-state index is 12.0. The Hall–Kier alpha value is -1.72. The van der Waals surface area contributed by atoms with Crippen LogP contribution in [0.25, 0.3) is 0 Å². The predicted molar refractivity (Wildman–Crippen MR) is 65.6 cm³/mol. The van der Waals surface area contributed by atoms with E-state index < -0.39 is 0 Å². The molecule has 0 spiro atoms. The lowest BCUT2D eigenvalue weighted by molar-refractivity contribution is 0.678. The molecule has 16 heavy (non-hydrogen) atoms. The van der Waals surface area contributed by atoms with Crippen LogP contribution in [-0.4, -0.2) is 37.3 Å². The largest absolute Gasteiger partial charge is 0.370 e. The van der Waals surface area contributed by atoms with E-state index in [1.807, 2.05) is 0 Å². The quantitative estimate of drug-likeness (QED) is 0.663. The van der Waals surface area contributed by atoms with Gasteiger partial charge in [-0.2, -0.15) is 0 Å². The van der Waals surface area contributed by atoms with Crippen LogP contribution in [0.3, 0.4) is 0 Å². The molecule has 0 N–H and O–H groups in total. The second-order valence-corrected chi connectivity index (χ2v) is 4.17. The molecule has 1 rings (SSSR count). The summed E-state index contributed by atoms with van der Waals surface area (Å²) in [7, 11) is 10.3. The summed E-state index contributed by atoms with van der Waals surface area (Å²) >= 11 is 0. The van der Waals surface area contributed by atoms with E-state index in [1.54, 1.807) is 45.0 Å². The topological polar surface area (TPSA) is 50.5 Å². The normalized spacial score (nSPS) is 10.4. The summed E-state index contributed by atoms with van der Waals surface area (Å²) in [5.74, 6) is 0.609. The van der Waals surface area contributed by atoms with Crippen LogP contribution >= 0.6 is 0 Å². The summed E-state index contributed by atoms with van der Waals surface area (Å²) in [5, 5.41) is 0. The van der Waals surface area contributed by atoms with Gasteiger partial charge in [0.25, 0.3) is 5.56 Å². The molecule has 0 atom stereocenters. The molecule has 1 aromatic heterocycles. The predicted octanol–water partition coefficient (Wildman–Crippen LogP) is -0.784. The Bertz CT molecular complexity index is 511. The average molecular weight is 226 g/mol. The van der Waals surface area contributed by atoms with Gasteiger partial charge in [-0.05, 0) is 0 Å². The zero-order chi connectivity index (χ0) is 12.6. The molecule has 0 unspecified atom stereocenters. The molecule has 0 aliphatic carbocycles. The number of nitrogens with zero attached hydrogens (tertiary/aromatic N) is 4. The Labute approximate surface area is 94.3 Å². The molecule has 0 fully saturated rings. The third-order valence-corrected chi connectivity index (χ3v) is 2.48. The van der Waals surface area contributed by atoms with Gasteiger partial charge >= 0.3 is 5.69 Å². The Morgan fingerprint density at radius 3 is 1.75 bits per heavy atom. The SMILES string of the molecule is CN(C)c1c(N(C)C)n(C)c(=O)n(C)c1=O. The first-order valence-electron chi connectivity index (χ1n) is 4.93. The summed E-state index contributed by atoms with van der Waals surface area (Å²) in [5.41, 5.74) is -0.0919. The first-order chi connectivity index (χ1) is 7.29. The number of rotatable bonds is 2. The van der Waals surface area contributed by atoms with E-state index in [4.69, 9.17) is 0 Å². The van der Waals surface area contributed by atoms with Gasteiger partial charge < -0.3 is 9.80 Å². The van der Waals surface area contributed by atoms with Gasteiger partial charge in [-0.15, -0.1) is 0 Å². The second kappa shape index (κ2) is 4.03. The van der Waals surface area contributed by atoms with Crippen LogP contribution in [-0.2, 0) is 14.1 Å². The van der Waals surface area contributed by atoms with Crippen molar-refractivity contribution in [1.29, 1.82) is 0 Å². The molecule has 0 radical (unpaired) electrons. The van der Waals surface area contributed by atoms with Crippen molar-refractivity contribution in [2.75, 3.05) is 38.0 Å². The van der Waals surface area contributed by atoms with E-state index in [0.717, 1.165) is 4.57 Å². The minimum Gasteiger partial charge on any atom is -0.370 e. The highest BCUT2D eigenvalue weighted by molar-refractivity contribution is 5.65. The van der Waals surface area contributed by atoms with Crippen molar-refractivity contribution >= 4 is 11.5 Å². The van der Waals surface area contributed by atoms with E-state index in [2.05, 4.69) is 0 Å². The summed E-state index contributed by atoms with van der Waals surface area (Å²) in [6, 6.07) is 0. The standard InChI is InChI=1S/C10H18N4O2/c1-11(2)7-8(12(3)4)13(5)10(16)14(6)9(7)15/h1-6H3. The molecule has 0 aromatic carbocycles. The number of anilines is 2. The van der Waals surface area contributed by atoms with Gasteiger partial charge in [0.05, 0.1) is 0 Å². The molecule has 0 aliphatic heterocycles. The van der Waals surface area contributed by atoms with E-state index >= 15 is 0 Å². The van der Waals surface area contributed by atoms with Crippen LogP contribution < -0.4 is 21.0 Å². The highest BCUT2D eigenvalue weighted by atomic mass is 16.2. The van der Waals surface area contributed by atoms with Crippen molar-refractivity contribution in [3.8, 4) is 0 Å². The van der Waals surface area contributed by atoms with Crippen molar-refractivity contribution < 1.29 is 0 Å². The first-order valence-corrected chi connectivity index (χ1v) is 4.93. The van der Waals surface area contributed by atoms with Gasteiger partial charge in [-0.1, -0.05) is 0 Å². The van der Waals surface area contributed by atoms with Gasteiger partial charge in [-0.3, -0.25) is 13.9 Å². The van der Waals surface area contributed by atoms with Crippen LogP contribution in [0.1, 0.15) is 0 Å². The lowest BCUT2D eigenvalue weighted by Gasteiger charge is -2.24. The average Bonchev–Trinajstić information content (AvgIpc) is 2.18. The summed E-state index contributed by atoms with van der Waals surface area (Å²) in [6.07, 6.45) is 0. The fourth-order valence-corrected chi connectivity index (χ4v) is 1.72. The number of hydrogen-bond donors (Lipinski definition) is 0. The molecule has 0 aliphatic rings. The highest BCUT2D eigenvalue weighted by Gasteiger charge is 2.18. The Morgan fingerprint density at radius 1 is 0.875 bits per heavy atom. The fraction of sp³-hybridized carbons (Fsp3) is 0.600. The molecule has 0 amide bonds. The van der Waals surface area contributed by atoms with Crippen molar-refractivity contribution in [3.63, 3.8) is 0 Å². The van der Waals surface area contributed by atoms with Gasteiger partial charge in [0.15, 0.2) is 0 Å². The van der Waals surface area contributed by atoms with Crippen molar-refractivity contribution in [2.45, 2.75) is 0 Å². The minimum atomic E-state index is -0.320. The van der Waals surface area contributed by atoms with Crippen LogP contribution in [0, 0.1) is 0 Å². The summed E-state index contributed by atoms with van der Waals surface area (Å²) in [4.78, 5) is 27.2. The molecule has 1 aromatic rings. The van der Waals surface area contributed by atoms with Crippen LogP contribution in [0.5, 0.6) is 0 Å². The smallest absolute Gasteiger partial charge is 0.332 e. The van der Waals surface area contributed by atoms with Crippen LogP contribution in [0.15, 0.2) is 9.59 Å². The lowest BCUT2D eigenvalue weighted by Crippen LogP contribution is -2.42. The minimum absolute atomic E-state index is 0.281. The third kappa shape index (κ3) is 1.70. The summed E-state index contributed by atoms with van der Waals surface area (Å²) in [6.45, 7) is 0. The lowest BCUT2D eigenvalue weighted by atomic mass is 10.4. The summed E-state index contributed by atoms with van der Waals surface area (Å²) < 4.78 is 2.58. The maximum Gasteiger partial charge on any atom is 0.332 e. The zero-order valence-electron chi connectivity index (χ0n) is 10.6. The third-order valence-electron chi connectivity index (χ3n) is 2.48. The molecular formula is C10H18N4O2. The molecule has 6 nitrogen and oxygen atoms in total. The second-order valence-electron chi connectivity index (χ2n) is 4.17. The van der Waals surface area contributed by atoms with Gasteiger partial charge in [0, 0.05) is 42.3 Å². The molecule has 6 heteroatoms. The zero-order valence-corrected chi connectivity index (χ0v) is 10.6. The molecule has 90 valence electrons. The van der Waals surface area contributed by atoms with Gasteiger partial charge in [-0.25, -0.2) is 4.79 Å². The van der Waals surface area contributed by atoms with Crippen LogP contribution in [0.2, 0.25) is 0 Å². The van der Waals surface area contributed by atoms with E-state index in [9.17, 15) is 9.59 Å². The Balaban J connectivity index is 3.84. The van der Waals surface area contributed by atoms with Crippen molar-refractivity contribution in [1.82, 2.24) is 9.13 Å². The van der Waals surface area contributed by atoms with Gasteiger partial charge in [0.2, 0.25) is 0 Å². The molecule has 1 heterocycles. The number of aromatic nitrogens is 2. The molecule has 0 bridgehead atoms. The van der Waals surface area contributed by atoms with Gasteiger partial charge in [0.1, 0.15) is 11.5 Å². The molecular weight excluding hydrogens is 208 g/mol. The Morgan fingerprint density at radius 2 is 1.38 bits per heavy atom. The monoisotopic (exact) mass is 226 g/mol. The van der Waals surface area contributed by atoms with Crippen molar-refractivity contribution in [3.05, 3.63) is 20.8 Å². The van der Waals surface area contributed by atoms with E-state index in [1.165, 1.54) is 11.6 Å².